The van der Waals surface area contributed by atoms with Crippen LogP contribution in [0, 0.1) is 5.92 Å². The molecule has 0 amide bonds. The van der Waals surface area contributed by atoms with Gasteiger partial charge >= 0.3 is 0 Å². The molecular weight excluding hydrogens is 134 g/mol. The van der Waals surface area contributed by atoms with Crippen LogP contribution >= 0.6 is 0 Å². The SMILES string of the molecule is CCC(N=C(C)C)[C@@H](C)CC. The van der Waals surface area contributed by atoms with Gasteiger partial charge in [0, 0.05) is 5.71 Å². The van der Waals surface area contributed by atoms with Gasteiger partial charge < -0.3 is 0 Å². The van der Waals surface area contributed by atoms with Gasteiger partial charge in [0.1, 0.15) is 0 Å². The number of hydrogen-bond acceptors (Lipinski definition) is 1. The highest BCUT2D eigenvalue weighted by atomic mass is 14.8. The fourth-order valence-electron chi connectivity index (χ4n) is 1.22. The van der Waals surface area contributed by atoms with E-state index in [0.29, 0.717) is 6.04 Å². The molecule has 0 saturated heterocycles. The molecule has 2 atom stereocenters. The minimum Gasteiger partial charge on any atom is -0.291 e. The molecule has 11 heavy (non-hydrogen) atoms. The van der Waals surface area contributed by atoms with Gasteiger partial charge in [-0.1, -0.05) is 27.2 Å². The third-order valence-corrected chi connectivity index (χ3v) is 2.14. The van der Waals surface area contributed by atoms with E-state index in [0.717, 1.165) is 5.92 Å². The molecule has 0 aliphatic rings. The minimum atomic E-state index is 0.546. The van der Waals surface area contributed by atoms with Crippen LogP contribution in [0.1, 0.15) is 47.5 Å². The lowest BCUT2D eigenvalue weighted by Crippen LogP contribution is -2.15. The summed E-state index contributed by atoms with van der Waals surface area (Å²) < 4.78 is 0. The van der Waals surface area contributed by atoms with Gasteiger partial charge in [-0.2, -0.15) is 0 Å². The summed E-state index contributed by atoms with van der Waals surface area (Å²) in [6, 6.07) is 0.546. The van der Waals surface area contributed by atoms with E-state index in [1.807, 2.05) is 0 Å². The summed E-state index contributed by atoms with van der Waals surface area (Å²) in [5.41, 5.74) is 1.21. The molecule has 0 aliphatic carbocycles. The first-order chi connectivity index (χ1) is 5.11. The van der Waals surface area contributed by atoms with Crippen molar-refractivity contribution in [3.63, 3.8) is 0 Å². The largest absolute Gasteiger partial charge is 0.291 e. The number of rotatable bonds is 4. The molecule has 0 saturated carbocycles. The van der Waals surface area contributed by atoms with Crippen molar-refractivity contribution < 1.29 is 0 Å². The van der Waals surface area contributed by atoms with Crippen LogP contribution in [0.15, 0.2) is 4.99 Å². The van der Waals surface area contributed by atoms with Gasteiger partial charge in [0.15, 0.2) is 0 Å². The predicted molar refractivity (Wildman–Crippen MR) is 52.3 cm³/mol. The van der Waals surface area contributed by atoms with Gasteiger partial charge in [-0.05, 0) is 26.2 Å². The molecule has 0 bridgehead atoms. The maximum absolute atomic E-state index is 4.58. The van der Waals surface area contributed by atoms with Crippen molar-refractivity contribution in [2.75, 3.05) is 0 Å². The second kappa shape index (κ2) is 5.34. The Morgan fingerprint density at radius 2 is 1.73 bits per heavy atom. The van der Waals surface area contributed by atoms with Gasteiger partial charge in [0.25, 0.3) is 0 Å². The molecule has 0 aromatic rings. The molecule has 0 N–H and O–H groups in total. The van der Waals surface area contributed by atoms with E-state index in [1.54, 1.807) is 0 Å². The zero-order valence-electron chi connectivity index (χ0n) is 8.52. The molecule has 66 valence electrons. The van der Waals surface area contributed by atoms with Crippen LogP contribution in [-0.4, -0.2) is 11.8 Å². The van der Waals surface area contributed by atoms with Crippen molar-refractivity contribution in [2.45, 2.75) is 53.5 Å². The molecule has 0 aromatic heterocycles. The summed E-state index contributed by atoms with van der Waals surface area (Å²) in [6.45, 7) is 10.9. The Morgan fingerprint density at radius 1 is 1.18 bits per heavy atom. The Kier molecular flexibility index (Phi) is 5.18. The van der Waals surface area contributed by atoms with E-state index < -0.39 is 0 Å². The third-order valence-electron chi connectivity index (χ3n) is 2.14. The standard InChI is InChI=1S/C10H21N/c1-6-9(5)10(7-2)11-8(3)4/h9-10H,6-7H2,1-5H3/t9-,10?/m0/s1. The molecule has 0 aromatic carbocycles. The molecule has 0 aliphatic heterocycles. The average molecular weight is 155 g/mol. The predicted octanol–water partition coefficient (Wildman–Crippen LogP) is 3.29. The molecule has 1 heteroatoms. The van der Waals surface area contributed by atoms with Crippen LogP contribution in [0.3, 0.4) is 0 Å². The topological polar surface area (TPSA) is 12.4 Å². The fraction of sp³-hybridized carbons (Fsp3) is 0.900. The summed E-state index contributed by atoms with van der Waals surface area (Å²) in [7, 11) is 0. The molecule has 0 fully saturated rings. The first kappa shape index (κ1) is 10.7. The van der Waals surface area contributed by atoms with Gasteiger partial charge in [0.05, 0.1) is 6.04 Å². The van der Waals surface area contributed by atoms with Crippen molar-refractivity contribution in [2.24, 2.45) is 10.9 Å². The fourth-order valence-corrected chi connectivity index (χ4v) is 1.22. The van der Waals surface area contributed by atoms with E-state index in [4.69, 9.17) is 0 Å². The normalized spacial score (nSPS) is 15.7. The van der Waals surface area contributed by atoms with E-state index in [1.165, 1.54) is 18.6 Å². The Balaban J connectivity index is 4.05. The van der Waals surface area contributed by atoms with E-state index in [2.05, 4.69) is 39.6 Å². The third kappa shape index (κ3) is 4.18. The summed E-state index contributed by atoms with van der Waals surface area (Å²) in [5.74, 6) is 0.731. The van der Waals surface area contributed by atoms with Crippen molar-refractivity contribution >= 4 is 5.71 Å². The monoisotopic (exact) mass is 155 g/mol. The zero-order valence-corrected chi connectivity index (χ0v) is 8.52. The van der Waals surface area contributed by atoms with Crippen LogP contribution in [0.5, 0.6) is 0 Å². The van der Waals surface area contributed by atoms with Crippen molar-refractivity contribution in [3.05, 3.63) is 0 Å². The summed E-state index contributed by atoms with van der Waals surface area (Å²) in [5, 5.41) is 0. The maximum atomic E-state index is 4.58. The molecular formula is C10H21N. The van der Waals surface area contributed by atoms with Crippen LogP contribution in [0.4, 0.5) is 0 Å². The molecule has 1 unspecified atom stereocenters. The van der Waals surface area contributed by atoms with Gasteiger partial charge in [-0.3, -0.25) is 4.99 Å². The highest BCUT2D eigenvalue weighted by Gasteiger charge is 2.10. The summed E-state index contributed by atoms with van der Waals surface area (Å²) >= 11 is 0. The van der Waals surface area contributed by atoms with Crippen LogP contribution in [0.25, 0.3) is 0 Å². The molecule has 0 spiro atoms. The molecule has 1 nitrogen and oxygen atoms in total. The zero-order chi connectivity index (χ0) is 8.85. The Morgan fingerprint density at radius 3 is 2.00 bits per heavy atom. The summed E-state index contributed by atoms with van der Waals surface area (Å²) in [6.07, 6.45) is 2.40. The maximum Gasteiger partial charge on any atom is 0.0521 e. The first-order valence-electron chi connectivity index (χ1n) is 4.62. The number of hydrogen-bond donors (Lipinski definition) is 0. The van der Waals surface area contributed by atoms with Crippen LogP contribution in [-0.2, 0) is 0 Å². The van der Waals surface area contributed by atoms with Crippen LogP contribution < -0.4 is 0 Å². The smallest absolute Gasteiger partial charge is 0.0521 e. The van der Waals surface area contributed by atoms with Gasteiger partial charge in [-0.25, -0.2) is 0 Å². The van der Waals surface area contributed by atoms with E-state index >= 15 is 0 Å². The average Bonchev–Trinajstić information content (AvgIpc) is 1.98. The minimum absolute atomic E-state index is 0.546. The molecule has 0 radical (unpaired) electrons. The number of nitrogens with zero attached hydrogens (tertiary/aromatic N) is 1. The summed E-state index contributed by atoms with van der Waals surface area (Å²) in [4.78, 5) is 4.58. The Bertz CT molecular complexity index is 123. The lowest BCUT2D eigenvalue weighted by Gasteiger charge is -2.17. The highest BCUT2D eigenvalue weighted by Crippen LogP contribution is 2.14. The van der Waals surface area contributed by atoms with Gasteiger partial charge in [-0.15, -0.1) is 0 Å². The van der Waals surface area contributed by atoms with Crippen LogP contribution in [0.2, 0.25) is 0 Å². The molecule has 0 rings (SSSR count). The number of aliphatic imine (C=N–C) groups is 1. The lowest BCUT2D eigenvalue weighted by atomic mass is 9.97. The van der Waals surface area contributed by atoms with E-state index in [9.17, 15) is 0 Å². The van der Waals surface area contributed by atoms with Crippen molar-refractivity contribution in [3.8, 4) is 0 Å². The van der Waals surface area contributed by atoms with E-state index in [-0.39, 0.29) is 0 Å². The quantitative estimate of drug-likeness (QED) is 0.552. The first-order valence-corrected chi connectivity index (χ1v) is 4.62. The second-order valence-corrected chi connectivity index (χ2v) is 3.44. The molecule has 0 heterocycles. The Labute approximate surface area is 70.9 Å². The second-order valence-electron chi connectivity index (χ2n) is 3.44. The highest BCUT2D eigenvalue weighted by molar-refractivity contribution is 5.79. The van der Waals surface area contributed by atoms with Crippen molar-refractivity contribution in [1.29, 1.82) is 0 Å². The van der Waals surface area contributed by atoms with Gasteiger partial charge in [0.2, 0.25) is 0 Å². The van der Waals surface area contributed by atoms with Crippen molar-refractivity contribution in [1.82, 2.24) is 0 Å². The Hall–Kier alpha value is -0.330. The lowest BCUT2D eigenvalue weighted by molar-refractivity contribution is 0.434.